The standard InChI is InChI=1S/C19H12BrNO3S2/c1-23-14-10-11(18-21-13-5-2-3-6-15(13)26-18)9-12(20)17(14)24-19(22)16-7-4-8-25-16/h2-10H,1H3. The monoisotopic (exact) mass is 445 g/mol. The van der Waals surface area contributed by atoms with Crippen LogP contribution >= 0.6 is 38.6 Å². The summed E-state index contributed by atoms with van der Waals surface area (Å²) >= 11 is 6.43. The van der Waals surface area contributed by atoms with Crippen LogP contribution in [-0.2, 0) is 0 Å². The highest BCUT2D eigenvalue weighted by atomic mass is 79.9. The molecule has 0 N–H and O–H groups in total. The van der Waals surface area contributed by atoms with Crippen molar-refractivity contribution in [1.29, 1.82) is 0 Å². The average Bonchev–Trinajstić information content (AvgIpc) is 3.32. The van der Waals surface area contributed by atoms with Crippen LogP contribution in [0.15, 0.2) is 58.4 Å². The highest BCUT2D eigenvalue weighted by Crippen LogP contribution is 2.41. The van der Waals surface area contributed by atoms with Crippen LogP contribution in [0.25, 0.3) is 20.8 Å². The molecule has 4 aromatic rings. The van der Waals surface area contributed by atoms with Crippen LogP contribution in [0.3, 0.4) is 0 Å². The summed E-state index contributed by atoms with van der Waals surface area (Å²) in [6.07, 6.45) is 0. The van der Waals surface area contributed by atoms with Gasteiger partial charge in [-0.15, -0.1) is 22.7 Å². The summed E-state index contributed by atoms with van der Waals surface area (Å²) in [5, 5.41) is 2.71. The molecule has 4 rings (SSSR count). The quantitative estimate of drug-likeness (QED) is 0.284. The van der Waals surface area contributed by atoms with Crippen LogP contribution < -0.4 is 9.47 Å². The average molecular weight is 446 g/mol. The third-order valence-electron chi connectivity index (χ3n) is 3.69. The van der Waals surface area contributed by atoms with E-state index in [0.717, 1.165) is 20.8 Å². The van der Waals surface area contributed by atoms with E-state index < -0.39 is 5.97 Å². The minimum absolute atomic E-state index is 0.357. The Morgan fingerprint density at radius 3 is 2.73 bits per heavy atom. The number of carbonyl (C=O) groups is 1. The van der Waals surface area contributed by atoms with Crippen LogP contribution in [0.5, 0.6) is 11.5 Å². The molecule has 0 saturated heterocycles. The number of esters is 1. The molecule has 2 aromatic carbocycles. The summed E-state index contributed by atoms with van der Waals surface area (Å²) in [6, 6.07) is 15.2. The summed E-state index contributed by atoms with van der Waals surface area (Å²) in [5.74, 6) is 0.418. The number of para-hydroxylation sites is 1. The van der Waals surface area contributed by atoms with Crippen LogP contribution in [-0.4, -0.2) is 18.1 Å². The SMILES string of the molecule is COc1cc(-c2nc3ccccc3s2)cc(Br)c1OC(=O)c1cccs1. The molecule has 4 nitrogen and oxygen atoms in total. The molecule has 0 bridgehead atoms. The van der Waals surface area contributed by atoms with Gasteiger partial charge in [-0.05, 0) is 51.6 Å². The summed E-state index contributed by atoms with van der Waals surface area (Å²) in [6.45, 7) is 0. The van der Waals surface area contributed by atoms with Crippen molar-refractivity contribution in [2.45, 2.75) is 0 Å². The van der Waals surface area contributed by atoms with Crippen LogP contribution in [0, 0.1) is 0 Å². The topological polar surface area (TPSA) is 48.4 Å². The van der Waals surface area contributed by atoms with E-state index in [2.05, 4.69) is 20.9 Å². The highest BCUT2D eigenvalue weighted by Gasteiger charge is 2.19. The van der Waals surface area contributed by atoms with E-state index >= 15 is 0 Å². The van der Waals surface area contributed by atoms with E-state index in [1.54, 1.807) is 24.5 Å². The normalized spacial score (nSPS) is 10.8. The number of fused-ring (bicyclic) bond motifs is 1. The smallest absolute Gasteiger partial charge is 0.353 e. The number of benzene rings is 2. The number of ether oxygens (including phenoxy) is 2. The summed E-state index contributed by atoms with van der Waals surface area (Å²) in [4.78, 5) is 17.5. The van der Waals surface area contributed by atoms with Gasteiger partial charge in [0, 0.05) is 5.56 Å². The lowest BCUT2D eigenvalue weighted by Crippen LogP contribution is -2.08. The van der Waals surface area contributed by atoms with Crippen molar-refractivity contribution in [3.05, 3.63) is 63.3 Å². The van der Waals surface area contributed by atoms with E-state index in [1.807, 2.05) is 47.8 Å². The molecular formula is C19H12BrNO3S2. The van der Waals surface area contributed by atoms with Gasteiger partial charge in [0.2, 0.25) is 0 Å². The van der Waals surface area contributed by atoms with Crippen LogP contribution in [0.4, 0.5) is 0 Å². The first-order valence-corrected chi connectivity index (χ1v) is 10.1. The fourth-order valence-corrected chi connectivity index (χ4v) is 4.55. The van der Waals surface area contributed by atoms with Crippen molar-refractivity contribution in [2.24, 2.45) is 0 Å². The number of methoxy groups -OCH3 is 1. The Balaban J connectivity index is 1.72. The molecule has 0 aliphatic heterocycles. The van der Waals surface area contributed by atoms with E-state index in [0.29, 0.717) is 20.8 Å². The number of aromatic nitrogens is 1. The van der Waals surface area contributed by atoms with E-state index in [1.165, 1.54) is 11.3 Å². The lowest BCUT2D eigenvalue weighted by molar-refractivity contribution is 0.0733. The first-order chi connectivity index (χ1) is 12.7. The second-order valence-electron chi connectivity index (χ2n) is 5.34. The zero-order chi connectivity index (χ0) is 18.1. The minimum Gasteiger partial charge on any atom is -0.493 e. The molecular weight excluding hydrogens is 434 g/mol. The van der Waals surface area contributed by atoms with E-state index in [4.69, 9.17) is 9.47 Å². The first-order valence-electron chi connectivity index (χ1n) is 7.65. The van der Waals surface area contributed by atoms with Crippen molar-refractivity contribution in [1.82, 2.24) is 4.98 Å². The predicted octanol–water partition coefficient (Wildman–Crippen LogP) is 6.02. The van der Waals surface area contributed by atoms with Gasteiger partial charge in [-0.25, -0.2) is 9.78 Å². The minimum atomic E-state index is -0.410. The number of carbonyl (C=O) groups excluding carboxylic acids is 1. The Morgan fingerprint density at radius 2 is 2.00 bits per heavy atom. The van der Waals surface area contributed by atoms with Crippen molar-refractivity contribution >= 4 is 54.8 Å². The van der Waals surface area contributed by atoms with Gasteiger partial charge in [0.1, 0.15) is 9.88 Å². The molecule has 0 aliphatic rings. The lowest BCUT2D eigenvalue weighted by Gasteiger charge is -2.12. The summed E-state index contributed by atoms with van der Waals surface area (Å²) < 4.78 is 12.7. The number of rotatable bonds is 4. The molecule has 0 radical (unpaired) electrons. The second-order valence-corrected chi connectivity index (χ2v) is 8.18. The number of hydrogen-bond acceptors (Lipinski definition) is 6. The molecule has 130 valence electrons. The molecule has 7 heteroatoms. The lowest BCUT2D eigenvalue weighted by atomic mass is 10.2. The Bertz CT molecular complexity index is 1060. The molecule has 0 atom stereocenters. The van der Waals surface area contributed by atoms with Crippen molar-refractivity contribution in [3.8, 4) is 22.1 Å². The van der Waals surface area contributed by atoms with Gasteiger partial charge in [-0.1, -0.05) is 18.2 Å². The third-order valence-corrected chi connectivity index (χ3v) is 6.21. The maximum atomic E-state index is 12.3. The number of nitrogens with zero attached hydrogens (tertiary/aromatic N) is 1. The molecule has 0 unspecified atom stereocenters. The Morgan fingerprint density at radius 1 is 1.15 bits per heavy atom. The Labute approximate surface area is 166 Å². The largest absolute Gasteiger partial charge is 0.493 e. The number of halogens is 1. The van der Waals surface area contributed by atoms with Gasteiger partial charge >= 0.3 is 5.97 Å². The van der Waals surface area contributed by atoms with E-state index in [9.17, 15) is 4.79 Å². The number of thiophene rings is 1. The van der Waals surface area contributed by atoms with Crippen molar-refractivity contribution in [2.75, 3.05) is 7.11 Å². The third kappa shape index (κ3) is 3.25. The fraction of sp³-hybridized carbons (Fsp3) is 0.0526. The number of hydrogen-bond donors (Lipinski definition) is 0. The van der Waals surface area contributed by atoms with Gasteiger partial charge in [0.15, 0.2) is 11.5 Å². The molecule has 2 heterocycles. The number of thiazole rings is 1. The van der Waals surface area contributed by atoms with Crippen molar-refractivity contribution in [3.63, 3.8) is 0 Å². The van der Waals surface area contributed by atoms with Gasteiger partial charge in [0.25, 0.3) is 0 Å². The van der Waals surface area contributed by atoms with Gasteiger partial charge in [0.05, 0.1) is 21.8 Å². The maximum Gasteiger partial charge on any atom is 0.353 e. The molecule has 2 aromatic heterocycles. The van der Waals surface area contributed by atoms with Gasteiger partial charge in [-0.2, -0.15) is 0 Å². The highest BCUT2D eigenvalue weighted by molar-refractivity contribution is 9.10. The van der Waals surface area contributed by atoms with Crippen molar-refractivity contribution < 1.29 is 14.3 Å². The zero-order valence-corrected chi connectivity index (χ0v) is 16.8. The van der Waals surface area contributed by atoms with E-state index in [-0.39, 0.29) is 0 Å². The molecule has 0 aliphatic carbocycles. The molecule has 0 fully saturated rings. The Hall–Kier alpha value is -2.22. The van der Waals surface area contributed by atoms with Gasteiger partial charge < -0.3 is 9.47 Å². The summed E-state index contributed by atoms with van der Waals surface area (Å²) in [5.41, 5.74) is 1.85. The molecule has 0 saturated carbocycles. The first kappa shape index (κ1) is 17.2. The van der Waals surface area contributed by atoms with Gasteiger partial charge in [-0.3, -0.25) is 0 Å². The molecule has 0 amide bonds. The molecule has 0 spiro atoms. The Kier molecular flexibility index (Phi) is 4.76. The van der Waals surface area contributed by atoms with Crippen LogP contribution in [0.2, 0.25) is 0 Å². The van der Waals surface area contributed by atoms with Crippen LogP contribution in [0.1, 0.15) is 9.67 Å². The fourth-order valence-electron chi connectivity index (χ4n) is 2.48. The predicted molar refractivity (Wildman–Crippen MR) is 109 cm³/mol. The summed E-state index contributed by atoms with van der Waals surface area (Å²) in [7, 11) is 1.55. The second kappa shape index (κ2) is 7.19. The zero-order valence-electron chi connectivity index (χ0n) is 13.6. The molecule has 26 heavy (non-hydrogen) atoms. The maximum absolute atomic E-state index is 12.3.